The van der Waals surface area contributed by atoms with E-state index in [0.717, 1.165) is 12.1 Å². The Morgan fingerprint density at radius 1 is 1.35 bits per heavy atom. The highest BCUT2D eigenvalue weighted by molar-refractivity contribution is 5.93. The van der Waals surface area contributed by atoms with Gasteiger partial charge in [0.2, 0.25) is 0 Å². The third kappa shape index (κ3) is 3.03. The van der Waals surface area contributed by atoms with Crippen LogP contribution in [0.3, 0.4) is 0 Å². The molecule has 0 radical (unpaired) electrons. The average Bonchev–Trinajstić information content (AvgIpc) is 2.44. The van der Waals surface area contributed by atoms with Crippen molar-refractivity contribution < 1.29 is 4.79 Å². The smallest absolute Gasteiger partial charge is 0.270 e. The van der Waals surface area contributed by atoms with Crippen LogP contribution < -0.4 is 16.2 Å². The lowest BCUT2D eigenvalue weighted by atomic mass is 10.2. The van der Waals surface area contributed by atoms with Gasteiger partial charge in [-0.3, -0.25) is 14.0 Å². The van der Waals surface area contributed by atoms with Crippen LogP contribution >= 0.6 is 0 Å². The normalized spacial score (nSPS) is 10.7. The van der Waals surface area contributed by atoms with Gasteiger partial charge in [0.25, 0.3) is 11.5 Å². The summed E-state index contributed by atoms with van der Waals surface area (Å²) in [5, 5.41) is 5.79. The van der Waals surface area contributed by atoms with Crippen molar-refractivity contribution in [2.75, 3.05) is 19.6 Å². The zero-order valence-electron chi connectivity index (χ0n) is 11.6. The number of hydrogen-bond donors (Lipinski definition) is 2. The van der Waals surface area contributed by atoms with Gasteiger partial charge in [-0.1, -0.05) is 13.0 Å². The minimum Gasteiger partial charge on any atom is -0.351 e. The quantitative estimate of drug-likeness (QED) is 0.771. The van der Waals surface area contributed by atoms with Crippen molar-refractivity contribution in [1.29, 1.82) is 0 Å². The Hall–Kier alpha value is -2.21. The molecule has 0 spiro atoms. The summed E-state index contributed by atoms with van der Waals surface area (Å²) in [6, 6.07) is 3.63. The van der Waals surface area contributed by atoms with Gasteiger partial charge < -0.3 is 10.6 Å². The average molecular weight is 274 g/mol. The number of aromatic nitrogens is 2. The summed E-state index contributed by atoms with van der Waals surface area (Å²) in [6.45, 7) is 5.86. The van der Waals surface area contributed by atoms with Crippen LogP contribution in [0.2, 0.25) is 0 Å². The summed E-state index contributed by atoms with van der Waals surface area (Å²) in [6.07, 6.45) is 3.01. The molecule has 6 nitrogen and oxygen atoms in total. The van der Waals surface area contributed by atoms with Crippen molar-refractivity contribution >= 4 is 11.6 Å². The molecule has 0 unspecified atom stereocenters. The third-order valence-corrected chi connectivity index (χ3v) is 2.93. The minimum atomic E-state index is -0.392. The van der Waals surface area contributed by atoms with Crippen molar-refractivity contribution in [3.8, 4) is 0 Å². The van der Waals surface area contributed by atoms with Crippen molar-refractivity contribution in [2.24, 2.45) is 0 Å². The number of fused-ring (bicyclic) bond motifs is 1. The summed E-state index contributed by atoms with van der Waals surface area (Å²) in [5.41, 5.74) is 1.18. The van der Waals surface area contributed by atoms with Crippen LogP contribution in [-0.2, 0) is 0 Å². The van der Waals surface area contributed by atoms with Crippen LogP contribution in [0.1, 0.15) is 22.8 Å². The minimum absolute atomic E-state index is 0.0598. The van der Waals surface area contributed by atoms with E-state index in [-0.39, 0.29) is 11.1 Å². The van der Waals surface area contributed by atoms with E-state index in [0.29, 0.717) is 18.7 Å². The first-order valence-electron chi connectivity index (χ1n) is 6.60. The highest BCUT2D eigenvalue weighted by Gasteiger charge is 2.12. The molecule has 6 heteroatoms. The number of carbonyl (C=O) groups is 1. The molecule has 0 bridgehead atoms. The Morgan fingerprint density at radius 2 is 2.15 bits per heavy atom. The fourth-order valence-electron chi connectivity index (χ4n) is 1.87. The van der Waals surface area contributed by atoms with E-state index in [2.05, 4.69) is 15.6 Å². The molecule has 0 saturated heterocycles. The molecule has 0 fully saturated rings. The second-order valence-electron chi connectivity index (χ2n) is 4.52. The predicted octanol–water partition coefficient (Wildman–Crippen LogP) is 0.342. The Labute approximate surface area is 116 Å². The van der Waals surface area contributed by atoms with Crippen LogP contribution in [0, 0.1) is 6.92 Å². The first-order valence-corrected chi connectivity index (χ1v) is 6.60. The molecular formula is C14H18N4O2. The molecule has 2 N–H and O–H groups in total. The van der Waals surface area contributed by atoms with Gasteiger partial charge in [-0.2, -0.15) is 0 Å². The standard InChI is InChI=1S/C14H18N4O2/c1-3-15-6-7-16-13(19)11-8-17-12-5-4-10(2)9-18(12)14(11)20/h4-5,8-9,15H,3,6-7H2,1-2H3,(H,16,19). The van der Waals surface area contributed by atoms with Crippen molar-refractivity contribution in [1.82, 2.24) is 20.0 Å². The van der Waals surface area contributed by atoms with Gasteiger partial charge in [0.15, 0.2) is 0 Å². The van der Waals surface area contributed by atoms with Crippen LogP contribution in [0.4, 0.5) is 0 Å². The maximum atomic E-state index is 12.3. The molecule has 2 heterocycles. The Morgan fingerprint density at radius 3 is 2.90 bits per heavy atom. The van der Waals surface area contributed by atoms with Crippen molar-refractivity contribution in [2.45, 2.75) is 13.8 Å². The number of carbonyl (C=O) groups excluding carboxylic acids is 1. The molecule has 0 aromatic carbocycles. The van der Waals surface area contributed by atoms with E-state index in [1.54, 1.807) is 12.3 Å². The Bertz CT molecular complexity index is 678. The summed E-state index contributed by atoms with van der Waals surface area (Å²) in [4.78, 5) is 28.4. The van der Waals surface area contributed by atoms with Gasteiger partial charge in [-0.25, -0.2) is 4.98 Å². The summed E-state index contributed by atoms with van der Waals surface area (Å²) < 4.78 is 1.40. The number of nitrogens with one attached hydrogen (secondary N) is 2. The number of nitrogens with zero attached hydrogens (tertiary/aromatic N) is 2. The SMILES string of the molecule is CCNCCNC(=O)c1cnc2ccc(C)cn2c1=O. The molecular weight excluding hydrogens is 256 g/mol. The second kappa shape index (κ2) is 6.29. The highest BCUT2D eigenvalue weighted by Crippen LogP contribution is 2.01. The Kier molecular flexibility index (Phi) is 4.47. The first kappa shape index (κ1) is 14.2. The maximum absolute atomic E-state index is 12.3. The number of amides is 1. The molecule has 106 valence electrons. The number of pyridine rings is 1. The number of likely N-dealkylation sites (N-methyl/N-ethyl adjacent to an activating group) is 1. The fourth-order valence-corrected chi connectivity index (χ4v) is 1.87. The molecule has 0 aliphatic heterocycles. The largest absolute Gasteiger partial charge is 0.351 e. The molecule has 0 aliphatic rings. The number of aryl methyl sites for hydroxylation is 1. The van der Waals surface area contributed by atoms with Crippen molar-refractivity contribution in [3.63, 3.8) is 0 Å². The van der Waals surface area contributed by atoms with Crippen LogP contribution in [0.25, 0.3) is 5.65 Å². The molecule has 0 atom stereocenters. The topological polar surface area (TPSA) is 75.5 Å². The maximum Gasteiger partial charge on any atom is 0.270 e. The van der Waals surface area contributed by atoms with Gasteiger partial charge in [0, 0.05) is 25.5 Å². The van der Waals surface area contributed by atoms with Gasteiger partial charge in [-0.15, -0.1) is 0 Å². The predicted molar refractivity (Wildman–Crippen MR) is 77.1 cm³/mol. The van der Waals surface area contributed by atoms with Gasteiger partial charge in [0.05, 0.1) is 0 Å². The number of rotatable bonds is 5. The number of hydrogen-bond acceptors (Lipinski definition) is 4. The van der Waals surface area contributed by atoms with Crippen LogP contribution in [0.5, 0.6) is 0 Å². The van der Waals surface area contributed by atoms with Gasteiger partial charge >= 0.3 is 0 Å². The molecule has 2 aromatic heterocycles. The third-order valence-electron chi connectivity index (χ3n) is 2.93. The first-order chi connectivity index (χ1) is 9.63. The van der Waals surface area contributed by atoms with E-state index < -0.39 is 5.91 Å². The van der Waals surface area contributed by atoms with E-state index in [1.807, 2.05) is 19.9 Å². The Balaban J connectivity index is 2.24. The lowest BCUT2D eigenvalue weighted by Crippen LogP contribution is -2.35. The van der Waals surface area contributed by atoms with Gasteiger partial charge in [-0.05, 0) is 25.1 Å². The highest BCUT2D eigenvalue weighted by atomic mass is 16.2. The van der Waals surface area contributed by atoms with E-state index in [4.69, 9.17) is 0 Å². The van der Waals surface area contributed by atoms with Crippen LogP contribution in [0.15, 0.2) is 29.3 Å². The van der Waals surface area contributed by atoms with E-state index in [1.165, 1.54) is 10.6 Å². The zero-order chi connectivity index (χ0) is 14.5. The lowest BCUT2D eigenvalue weighted by Gasteiger charge is -2.06. The van der Waals surface area contributed by atoms with Crippen molar-refractivity contribution in [3.05, 3.63) is 46.0 Å². The second-order valence-corrected chi connectivity index (χ2v) is 4.52. The summed E-state index contributed by atoms with van der Waals surface area (Å²) >= 11 is 0. The summed E-state index contributed by atoms with van der Waals surface area (Å²) in [7, 11) is 0. The molecule has 2 rings (SSSR count). The summed E-state index contributed by atoms with van der Waals surface area (Å²) in [5.74, 6) is -0.392. The molecule has 1 amide bonds. The van der Waals surface area contributed by atoms with Crippen LogP contribution in [-0.4, -0.2) is 34.9 Å². The zero-order valence-corrected chi connectivity index (χ0v) is 11.6. The molecule has 0 aliphatic carbocycles. The van der Waals surface area contributed by atoms with Gasteiger partial charge in [0.1, 0.15) is 11.2 Å². The van der Waals surface area contributed by atoms with E-state index in [9.17, 15) is 9.59 Å². The lowest BCUT2D eigenvalue weighted by molar-refractivity contribution is 0.0952. The monoisotopic (exact) mass is 274 g/mol. The molecule has 0 saturated carbocycles. The fraction of sp³-hybridized carbons (Fsp3) is 0.357. The molecule has 2 aromatic rings. The van der Waals surface area contributed by atoms with E-state index >= 15 is 0 Å². The molecule has 20 heavy (non-hydrogen) atoms.